The van der Waals surface area contributed by atoms with Gasteiger partial charge in [0.05, 0.1) is 5.56 Å². The van der Waals surface area contributed by atoms with E-state index in [-0.39, 0.29) is 5.56 Å². The van der Waals surface area contributed by atoms with Crippen LogP contribution in [-0.2, 0) is 6.42 Å². The standard InChI is InChI=1S/C20H33NO2/c1-3-4-5-6-7-8-9-10-11-12-13-17-14-16(2)15-18(19(17)21)20(22)23/h14-15H,3-13,21H2,1-2H3,(H,22,23). The summed E-state index contributed by atoms with van der Waals surface area (Å²) in [4.78, 5) is 11.2. The monoisotopic (exact) mass is 319 g/mol. The highest BCUT2D eigenvalue weighted by atomic mass is 16.4. The molecule has 0 heterocycles. The van der Waals surface area contributed by atoms with E-state index >= 15 is 0 Å². The van der Waals surface area contributed by atoms with Gasteiger partial charge in [-0.3, -0.25) is 0 Å². The Kier molecular flexibility index (Phi) is 9.42. The largest absolute Gasteiger partial charge is 0.478 e. The van der Waals surface area contributed by atoms with Crippen LogP contribution in [0.5, 0.6) is 0 Å². The van der Waals surface area contributed by atoms with E-state index in [0.29, 0.717) is 5.69 Å². The summed E-state index contributed by atoms with van der Waals surface area (Å²) in [5.41, 5.74) is 8.64. The maximum atomic E-state index is 11.2. The van der Waals surface area contributed by atoms with Crippen molar-refractivity contribution in [2.45, 2.75) is 84.5 Å². The van der Waals surface area contributed by atoms with Crippen LogP contribution in [0.4, 0.5) is 5.69 Å². The lowest BCUT2D eigenvalue weighted by Crippen LogP contribution is -2.06. The first-order chi connectivity index (χ1) is 11.1. The van der Waals surface area contributed by atoms with Crippen molar-refractivity contribution in [2.24, 2.45) is 0 Å². The Labute approximate surface area is 141 Å². The van der Waals surface area contributed by atoms with Gasteiger partial charge in [-0.25, -0.2) is 4.79 Å². The molecular weight excluding hydrogens is 286 g/mol. The lowest BCUT2D eigenvalue weighted by Gasteiger charge is -2.10. The Hall–Kier alpha value is -1.51. The lowest BCUT2D eigenvalue weighted by atomic mass is 9.98. The molecule has 1 rings (SSSR count). The van der Waals surface area contributed by atoms with Crippen molar-refractivity contribution in [1.82, 2.24) is 0 Å². The third-order valence-electron chi connectivity index (χ3n) is 4.44. The number of nitrogens with two attached hydrogens (primary N) is 1. The number of carboxylic acid groups (broad SMARTS) is 1. The number of aryl methyl sites for hydroxylation is 2. The van der Waals surface area contributed by atoms with Gasteiger partial charge in [-0.2, -0.15) is 0 Å². The van der Waals surface area contributed by atoms with Crippen LogP contribution in [0.3, 0.4) is 0 Å². The zero-order chi connectivity index (χ0) is 17.1. The van der Waals surface area contributed by atoms with Gasteiger partial charge in [0.1, 0.15) is 0 Å². The van der Waals surface area contributed by atoms with Gasteiger partial charge in [-0.15, -0.1) is 0 Å². The molecule has 0 amide bonds. The fourth-order valence-corrected chi connectivity index (χ4v) is 3.06. The van der Waals surface area contributed by atoms with Crippen LogP contribution >= 0.6 is 0 Å². The van der Waals surface area contributed by atoms with Crippen molar-refractivity contribution in [3.63, 3.8) is 0 Å². The molecule has 3 N–H and O–H groups in total. The smallest absolute Gasteiger partial charge is 0.337 e. The molecule has 1 aromatic rings. The van der Waals surface area contributed by atoms with Gasteiger partial charge in [-0.05, 0) is 37.0 Å². The summed E-state index contributed by atoms with van der Waals surface area (Å²) < 4.78 is 0. The molecular formula is C20H33NO2. The van der Waals surface area contributed by atoms with E-state index in [1.165, 1.54) is 57.8 Å². The van der Waals surface area contributed by atoms with E-state index in [0.717, 1.165) is 24.0 Å². The predicted octanol–water partition coefficient (Wildman–Crippen LogP) is 5.74. The highest BCUT2D eigenvalue weighted by Gasteiger charge is 2.12. The second-order valence-corrected chi connectivity index (χ2v) is 6.62. The van der Waals surface area contributed by atoms with Gasteiger partial charge in [0, 0.05) is 5.69 Å². The first-order valence-electron chi connectivity index (χ1n) is 9.18. The predicted molar refractivity (Wildman–Crippen MR) is 98.1 cm³/mol. The van der Waals surface area contributed by atoms with Gasteiger partial charge in [0.2, 0.25) is 0 Å². The second kappa shape index (κ2) is 11.1. The number of nitrogen functional groups attached to an aromatic ring is 1. The number of unbranched alkanes of at least 4 members (excludes halogenated alkanes) is 9. The molecule has 0 unspecified atom stereocenters. The van der Waals surface area contributed by atoms with Crippen LogP contribution in [0, 0.1) is 6.92 Å². The minimum Gasteiger partial charge on any atom is -0.478 e. The van der Waals surface area contributed by atoms with E-state index in [1.807, 2.05) is 13.0 Å². The zero-order valence-corrected chi connectivity index (χ0v) is 14.9. The SMILES string of the molecule is CCCCCCCCCCCCc1cc(C)cc(C(=O)O)c1N. The first-order valence-corrected chi connectivity index (χ1v) is 9.18. The molecule has 0 aliphatic heterocycles. The molecule has 0 bridgehead atoms. The summed E-state index contributed by atoms with van der Waals surface area (Å²) in [6, 6.07) is 3.68. The van der Waals surface area contributed by atoms with E-state index in [9.17, 15) is 9.90 Å². The maximum Gasteiger partial charge on any atom is 0.337 e. The number of benzene rings is 1. The molecule has 3 heteroatoms. The van der Waals surface area contributed by atoms with E-state index in [4.69, 9.17) is 5.73 Å². The van der Waals surface area contributed by atoms with Crippen LogP contribution in [0.1, 0.15) is 92.6 Å². The summed E-state index contributed by atoms with van der Waals surface area (Å²) in [5, 5.41) is 9.18. The van der Waals surface area contributed by atoms with Gasteiger partial charge in [0.15, 0.2) is 0 Å². The average Bonchev–Trinajstić information content (AvgIpc) is 2.51. The maximum absolute atomic E-state index is 11.2. The second-order valence-electron chi connectivity index (χ2n) is 6.62. The van der Waals surface area contributed by atoms with Gasteiger partial charge in [0.25, 0.3) is 0 Å². The summed E-state index contributed by atoms with van der Waals surface area (Å²) >= 11 is 0. The molecule has 0 aliphatic rings. The van der Waals surface area contributed by atoms with Crippen LogP contribution in [-0.4, -0.2) is 11.1 Å². The number of hydrogen-bond donors (Lipinski definition) is 2. The molecule has 0 saturated heterocycles. The molecule has 130 valence electrons. The first kappa shape index (κ1) is 19.5. The Balaban J connectivity index is 2.22. The quantitative estimate of drug-likeness (QED) is 0.381. The Morgan fingerprint density at radius 1 is 0.957 bits per heavy atom. The minimum absolute atomic E-state index is 0.243. The highest BCUT2D eigenvalue weighted by Crippen LogP contribution is 2.22. The minimum atomic E-state index is -0.935. The third-order valence-corrected chi connectivity index (χ3v) is 4.44. The van der Waals surface area contributed by atoms with Crippen molar-refractivity contribution < 1.29 is 9.90 Å². The van der Waals surface area contributed by atoms with E-state index in [2.05, 4.69) is 6.92 Å². The summed E-state index contributed by atoms with van der Waals surface area (Å²) in [6.07, 6.45) is 13.9. The molecule has 0 fully saturated rings. The lowest BCUT2D eigenvalue weighted by molar-refractivity contribution is 0.0698. The number of anilines is 1. The molecule has 0 aliphatic carbocycles. The van der Waals surface area contributed by atoms with Crippen molar-refractivity contribution in [1.29, 1.82) is 0 Å². The van der Waals surface area contributed by atoms with Crippen molar-refractivity contribution >= 4 is 11.7 Å². The van der Waals surface area contributed by atoms with Crippen LogP contribution in [0.25, 0.3) is 0 Å². The number of carbonyl (C=O) groups is 1. The molecule has 0 radical (unpaired) electrons. The number of rotatable bonds is 12. The summed E-state index contributed by atoms with van der Waals surface area (Å²) in [7, 11) is 0. The fourth-order valence-electron chi connectivity index (χ4n) is 3.06. The van der Waals surface area contributed by atoms with Crippen LogP contribution < -0.4 is 5.73 Å². The van der Waals surface area contributed by atoms with Crippen molar-refractivity contribution in [2.75, 3.05) is 5.73 Å². The van der Waals surface area contributed by atoms with Crippen molar-refractivity contribution in [3.05, 3.63) is 28.8 Å². The molecule has 0 spiro atoms. The topological polar surface area (TPSA) is 63.3 Å². The molecule has 0 aromatic heterocycles. The van der Waals surface area contributed by atoms with Crippen LogP contribution in [0.2, 0.25) is 0 Å². The molecule has 23 heavy (non-hydrogen) atoms. The number of aromatic carboxylic acids is 1. The Bertz CT molecular complexity index is 483. The van der Waals surface area contributed by atoms with E-state index in [1.54, 1.807) is 6.07 Å². The molecule has 1 aromatic carbocycles. The van der Waals surface area contributed by atoms with Gasteiger partial charge in [-0.1, -0.05) is 70.8 Å². The van der Waals surface area contributed by atoms with E-state index < -0.39 is 5.97 Å². The molecule has 0 atom stereocenters. The highest BCUT2D eigenvalue weighted by molar-refractivity contribution is 5.94. The Morgan fingerprint density at radius 2 is 1.48 bits per heavy atom. The summed E-state index contributed by atoms with van der Waals surface area (Å²) in [6.45, 7) is 4.17. The van der Waals surface area contributed by atoms with Crippen molar-refractivity contribution in [3.8, 4) is 0 Å². The average molecular weight is 319 g/mol. The number of carboxylic acids is 1. The molecule has 3 nitrogen and oxygen atoms in total. The normalized spacial score (nSPS) is 10.9. The third kappa shape index (κ3) is 7.54. The number of hydrogen-bond acceptors (Lipinski definition) is 2. The van der Waals surface area contributed by atoms with Gasteiger partial charge < -0.3 is 10.8 Å². The van der Waals surface area contributed by atoms with Crippen LogP contribution in [0.15, 0.2) is 12.1 Å². The fraction of sp³-hybridized carbons (Fsp3) is 0.650. The Morgan fingerprint density at radius 3 is 2.00 bits per heavy atom. The molecule has 0 saturated carbocycles. The zero-order valence-electron chi connectivity index (χ0n) is 14.9. The summed E-state index contributed by atoms with van der Waals surface area (Å²) in [5.74, 6) is -0.935. The van der Waals surface area contributed by atoms with Gasteiger partial charge >= 0.3 is 5.97 Å².